The van der Waals surface area contributed by atoms with Crippen molar-refractivity contribution >= 4 is 16.9 Å². The Bertz CT molecular complexity index is 558. The first kappa shape index (κ1) is 9.42. The number of rotatable bonds is 1. The Hall–Kier alpha value is -1.81. The molecule has 3 rings (SSSR count). The van der Waals surface area contributed by atoms with Gasteiger partial charge in [-0.1, -0.05) is 18.2 Å². The molecule has 0 saturated heterocycles. The predicted octanol–water partition coefficient (Wildman–Crippen LogP) is 1.70. The van der Waals surface area contributed by atoms with Gasteiger partial charge in [-0.15, -0.1) is 0 Å². The molecule has 0 aliphatic carbocycles. The number of hydrogen-bond donors (Lipinski definition) is 2. The van der Waals surface area contributed by atoms with Crippen molar-refractivity contribution in [2.24, 2.45) is 0 Å². The van der Waals surface area contributed by atoms with E-state index in [2.05, 4.69) is 5.32 Å². The van der Waals surface area contributed by atoms with Crippen molar-refractivity contribution in [3.05, 3.63) is 35.6 Å². The molecule has 16 heavy (non-hydrogen) atoms. The summed E-state index contributed by atoms with van der Waals surface area (Å²) in [4.78, 5) is 11.1. The summed E-state index contributed by atoms with van der Waals surface area (Å²) in [6.45, 7) is 0.674. The smallest absolute Gasteiger partial charge is 0.328 e. The number of fused-ring (bicyclic) bond motifs is 3. The molecule has 2 aromatic rings. The molecule has 0 amide bonds. The Labute approximate surface area is 91.9 Å². The van der Waals surface area contributed by atoms with Gasteiger partial charge < -0.3 is 9.52 Å². The molecule has 4 heteroatoms. The fraction of sp³-hybridized carbons (Fsp3) is 0.250. The number of carboxylic acid groups (broad SMARTS) is 1. The summed E-state index contributed by atoms with van der Waals surface area (Å²) in [5.74, 6) is -0.333. The number of carboxylic acids is 1. The molecule has 2 heterocycles. The average molecular weight is 217 g/mol. The quantitative estimate of drug-likeness (QED) is 0.763. The van der Waals surface area contributed by atoms with E-state index in [1.165, 1.54) is 0 Å². The molecule has 1 unspecified atom stereocenters. The minimum Gasteiger partial charge on any atom is -0.480 e. The highest BCUT2D eigenvalue weighted by molar-refractivity contribution is 5.85. The second-order valence-electron chi connectivity index (χ2n) is 3.92. The lowest BCUT2D eigenvalue weighted by Gasteiger charge is -2.18. The Morgan fingerprint density at radius 2 is 2.25 bits per heavy atom. The molecule has 1 aromatic carbocycles. The summed E-state index contributed by atoms with van der Waals surface area (Å²) in [5, 5.41) is 13.1. The van der Waals surface area contributed by atoms with Crippen LogP contribution in [0.5, 0.6) is 0 Å². The summed E-state index contributed by atoms with van der Waals surface area (Å²) in [6.07, 6.45) is 0.816. The highest BCUT2D eigenvalue weighted by atomic mass is 16.4. The maximum atomic E-state index is 11.1. The number of aliphatic carboxylic acids is 1. The van der Waals surface area contributed by atoms with Gasteiger partial charge in [0, 0.05) is 17.5 Å². The Kier molecular flexibility index (Phi) is 1.97. The van der Waals surface area contributed by atoms with Crippen molar-refractivity contribution in [1.82, 2.24) is 5.32 Å². The van der Waals surface area contributed by atoms with Gasteiger partial charge in [0.15, 0.2) is 6.04 Å². The SMILES string of the molecule is O=C(O)C1NCCc2c1oc1ccccc21. The van der Waals surface area contributed by atoms with Crippen molar-refractivity contribution in [3.63, 3.8) is 0 Å². The highest BCUT2D eigenvalue weighted by Crippen LogP contribution is 2.32. The van der Waals surface area contributed by atoms with Gasteiger partial charge in [0.25, 0.3) is 0 Å². The number of furan rings is 1. The molecule has 82 valence electrons. The molecular formula is C12H11NO3. The zero-order chi connectivity index (χ0) is 11.1. The van der Waals surface area contributed by atoms with Crippen LogP contribution in [0.2, 0.25) is 0 Å². The first-order valence-electron chi connectivity index (χ1n) is 5.24. The average Bonchev–Trinajstić information content (AvgIpc) is 2.67. The van der Waals surface area contributed by atoms with Crippen molar-refractivity contribution in [2.45, 2.75) is 12.5 Å². The Balaban J connectivity index is 2.25. The first-order chi connectivity index (χ1) is 7.77. The van der Waals surface area contributed by atoms with Crippen LogP contribution in [-0.2, 0) is 11.2 Å². The lowest BCUT2D eigenvalue weighted by molar-refractivity contribution is -0.140. The molecule has 1 atom stereocenters. The second-order valence-corrected chi connectivity index (χ2v) is 3.92. The lowest BCUT2D eigenvalue weighted by Crippen LogP contribution is -2.34. The molecule has 4 nitrogen and oxygen atoms in total. The summed E-state index contributed by atoms with van der Waals surface area (Å²) in [6, 6.07) is 6.96. The standard InChI is InChI=1S/C12H11NO3/c14-12(15)10-11-8(5-6-13-10)7-3-1-2-4-9(7)16-11/h1-4,10,13H,5-6H2,(H,14,15). The van der Waals surface area contributed by atoms with Gasteiger partial charge >= 0.3 is 5.97 Å². The molecule has 1 aliphatic heterocycles. The van der Waals surface area contributed by atoms with E-state index in [0.29, 0.717) is 12.3 Å². The van der Waals surface area contributed by atoms with E-state index in [1.54, 1.807) is 0 Å². The van der Waals surface area contributed by atoms with Gasteiger partial charge in [0.2, 0.25) is 0 Å². The summed E-state index contributed by atoms with van der Waals surface area (Å²) >= 11 is 0. The largest absolute Gasteiger partial charge is 0.480 e. The van der Waals surface area contributed by atoms with Crippen LogP contribution in [0, 0.1) is 0 Å². The third kappa shape index (κ3) is 1.23. The van der Waals surface area contributed by atoms with E-state index in [-0.39, 0.29) is 0 Å². The molecule has 0 bridgehead atoms. The summed E-state index contributed by atoms with van der Waals surface area (Å²) in [5.41, 5.74) is 1.80. The molecule has 0 fully saturated rings. The maximum absolute atomic E-state index is 11.1. The van der Waals surface area contributed by atoms with Crippen LogP contribution in [0.3, 0.4) is 0 Å². The monoisotopic (exact) mass is 217 g/mol. The Morgan fingerprint density at radius 3 is 3.06 bits per heavy atom. The number of hydrogen-bond acceptors (Lipinski definition) is 3. The number of carbonyl (C=O) groups is 1. The first-order valence-corrected chi connectivity index (χ1v) is 5.24. The zero-order valence-electron chi connectivity index (χ0n) is 8.56. The minimum absolute atomic E-state index is 0.556. The van der Waals surface area contributed by atoms with Crippen LogP contribution in [0.15, 0.2) is 28.7 Å². The zero-order valence-corrected chi connectivity index (χ0v) is 8.56. The molecular weight excluding hydrogens is 206 g/mol. The van der Waals surface area contributed by atoms with Gasteiger partial charge in [0.05, 0.1) is 0 Å². The third-order valence-electron chi connectivity index (χ3n) is 2.96. The van der Waals surface area contributed by atoms with Gasteiger partial charge in [-0.25, -0.2) is 0 Å². The predicted molar refractivity (Wildman–Crippen MR) is 58.3 cm³/mol. The Morgan fingerprint density at radius 1 is 1.44 bits per heavy atom. The number of para-hydroxylation sites is 1. The second kappa shape index (κ2) is 3.35. The van der Waals surface area contributed by atoms with Crippen molar-refractivity contribution < 1.29 is 14.3 Å². The van der Waals surface area contributed by atoms with Crippen molar-refractivity contribution in [1.29, 1.82) is 0 Å². The van der Waals surface area contributed by atoms with Crippen molar-refractivity contribution in [2.75, 3.05) is 6.54 Å². The molecule has 0 saturated carbocycles. The van der Waals surface area contributed by atoms with E-state index in [1.807, 2.05) is 24.3 Å². The van der Waals surface area contributed by atoms with Crippen LogP contribution in [-0.4, -0.2) is 17.6 Å². The third-order valence-corrected chi connectivity index (χ3v) is 2.96. The van der Waals surface area contributed by atoms with Crippen LogP contribution < -0.4 is 5.32 Å². The molecule has 2 N–H and O–H groups in total. The van der Waals surface area contributed by atoms with Crippen molar-refractivity contribution in [3.8, 4) is 0 Å². The van der Waals surface area contributed by atoms with Gasteiger partial charge in [0.1, 0.15) is 11.3 Å². The fourth-order valence-electron chi connectivity index (χ4n) is 2.24. The number of nitrogens with one attached hydrogen (secondary N) is 1. The van der Waals surface area contributed by atoms with E-state index < -0.39 is 12.0 Å². The van der Waals surface area contributed by atoms with Crippen LogP contribution in [0.1, 0.15) is 17.4 Å². The lowest BCUT2D eigenvalue weighted by atomic mass is 10.00. The van der Waals surface area contributed by atoms with E-state index >= 15 is 0 Å². The van der Waals surface area contributed by atoms with E-state index in [9.17, 15) is 4.79 Å². The molecule has 0 radical (unpaired) electrons. The molecule has 1 aliphatic rings. The topological polar surface area (TPSA) is 62.5 Å². The van der Waals surface area contributed by atoms with Gasteiger partial charge in [-0.2, -0.15) is 0 Å². The van der Waals surface area contributed by atoms with E-state index in [4.69, 9.17) is 9.52 Å². The summed E-state index contributed by atoms with van der Waals surface area (Å²) in [7, 11) is 0. The molecule has 1 aromatic heterocycles. The highest BCUT2D eigenvalue weighted by Gasteiger charge is 2.30. The normalized spacial score (nSPS) is 19.6. The molecule has 0 spiro atoms. The van der Waals surface area contributed by atoms with Crippen LogP contribution in [0.4, 0.5) is 0 Å². The summed E-state index contributed by atoms with van der Waals surface area (Å²) < 4.78 is 5.62. The van der Waals surface area contributed by atoms with Crippen LogP contribution >= 0.6 is 0 Å². The minimum atomic E-state index is -0.889. The van der Waals surface area contributed by atoms with E-state index in [0.717, 1.165) is 23.0 Å². The maximum Gasteiger partial charge on any atom is 0.328 e. The number of benzene rings is 1. The van der Waals surface area contributed by atoms with Crippen LogP contribution in [0.25, 0.3) is 11.0 Å². The van der Waals surface area contributed by atoms with Gasteiger partial charge in [-0.05, 0) is 12.5 Å². The van der Waals surface area contributed by atoms with Gasteiger partial charge in [-0.3, -0.25) is 10.1 Å². The fourth-order valence-corrected chi connectivity index (χ4v) is 2.24.